The summed E-state index contributed by atoms with van der Waals surface area (Å²) in [5.74, 6) is 0.620. The Balaban J connectivity index is 2.37. The molecule has 0 spiro atoms. The van der Waals surface area contributed by atoms with E-state index in [9.17, 15) is 0 Å². The maximum absolute atomic E-state index is 6.11. The van der Waals surface area contributed by atoms with Crippen LogP contribution in [0.15, 0.2) is 11.4 Å². The zero-order valence-corrected chi connectivity index (χ0v) is 11.9. The molecule has 3 aromatic heterocycles. The summed E-state index contributed by atoms with van der Waals surface area (Å²) in [5.41, 5.74) is 2.60. The Morgan fingerprint density at radius 2 is 1.94 bits per heavy atom. The Hall–Kier alpha value is -1.17. The van der Waals surface area contributed by atoms with Crippen molar-refractivity contribution < 1.29 is 0 Å². The van der Waals surface area contributed by atoms with Gasteiger partial charge in [0, 0.05) is 5.56 Å². The Labute approximate surface area is 117 Å². The van der Waals surface area contributed by atoms with Gasteiger partial charge in [0.2, 0.25) is 0 Å². The molecule has 3 heterocycles. The highest BCUT2D eigenvalue weighted by molar-refractivity contribution is 7.14. The van der Waals surface area contributed by atoms with Gasteiger partial charge in [0.05, 0.1) is 9.90 Å². The van der Waals surface area contributed by atoms with E-state index in [1.807, 2.05) is 25.3 Å². The fourth-order valence-corrected chi connectivity index (χ4v) is 3.02. The highest BCUT2D eigenvalue weighted by Crippen LogP contribution is 2.32. The van der Waals surface area contributed by atoms with E-state index in [0.717, 1.165) is 16.0 Å². The molecule has 0 radical (unpaired) electrons. The molecule has 7 heteroatoms. The van der Waals surface area contributed by atoms with E-state index in [4.69, 9.17) is 23.2 Å². The molecule has 3 rings (SSSR count). The van der Waals surface area contributed by atoms with Crippen molar-refractivity contribution in [1.82, 2.24) is 19.8 Å². The molecule has 0 saturated carbocycles. The van der Waals surface area contributed by atoms with Crippen LogP contribution in [0.2, 0.25) is 10.2 Å². The van der Waals surface area contributed by atoms with Gasteiger partial charge in [-0.3, -0.25) is 0 Å². The zero-order valence-electron chi connectivity index (χ0n) is 9.61. The van der Waals surface area contributed by atoms with Crippen LogP contribution in [-0.2, 0) is 0 Å². The van der Waals surface area contributed by atoms with Gasteiger partial charge in [-0.1, -0.05) is 23.2 Å². The molecule has 0 fully saturated rings. The van der Waals surface area contributed by atoms with E-state index < -0.39 is 0 Å². The van der Waals surface area contributed by atoms with Gasteiger partial charge < -0.3 is 0 Å². The van der Waals surface area contributed by atoms with Crippen LogP contribution in [0, 0.1) is 13.8 Å². The smallest absolute Gasteiger partial charge is 0.190 e. The summed E-state index contributed by atoms with van der Waals surface area (Å²) in [6.07, 6.45) is 0. The van der Waals surface area contributed by atoms with Crippen LogP contribution in [0.3, 0.4) is 0 Å². The van der Waals surface area contributed by atoms with Crippen molar-refractivity contribution in [3.63, 3.8) is 0 Å². The Morgan fingerprint density at radius 1 is 1.17 bits per heavy atom. The van der Waals surface area contributed by atoms with Crippen molar-refractivity contribution in [1.29, 1.82) is 0 Å². The van der Waals surface area contributed by atoms with Crippen LogP contribution < -0.4 is 0 Å². The van der Waals surface area contributed by atoms with Gasteiger partial charge in [0.25, 0.3) is 0 Å². The molecule has 0 amide bonds. The molecular weight excluding hydrogens is 291 g/mol. The quantitative estimate of drug-likeness (QED) is 0.687. The van der Waals surface area contributed by atoms with Crippen LogP contribution in [0.4, 0.5) is 0 Å². The third kappa shape index (κ3) is 1.62. The number of thiophene rings is 1. The molecule has 0 aliphatic heterocycles. The molecule has 92 valence electrons. The monoisotopic (exact) mass is 298 g/mol. The molecule has 18 heavy (non-hydrogen) atoms. The minimum atomic E-state index is 0.453. The average Bonchev–Trinajstić information content (AvgIpc) is 2.92. The highest BCUT2D eigenvalue weighted by Gasteiger charge is 2.17. The number of hydrogen-bond donors (Lipinski definition) is 0. The van der Waals surface area contributed by atoms with Crippen molar-refractivity contribution >= 4 is 40.2 Å². The zero-order chi connectivity index (χ0) is 12.9. The number of hydrogen-bond acceptors (Lipinski definition) is 4. The first-order valence-corrected chi connectivity index (χ1v) is 6.84. The lowest BCUT2D eigenvalue weighted by molar-refractivity contribution is 0.921. The molecule has 0 aliphatic carbocycles. The van der Waals surface area contributed by atoms with E-state index in [-0.39, 0.29) is 0 Å². The third-order valence-electron chi connectivity index (χ3n) is 2.86. The minimum absolute atomic E-state index is 0.453. The van der Waals surface area contributed by atoms with E-state index in [1.165, 1.54) is 11.3 Å². The molecule has 0 unspecified atom stereocenters. The van der Waals surface area contributed by atoms with Gasteiger partial charge in [0.1, 0.15) is 0 Å². The van der Waals surface area contributed by atoms with Gasteiger partial charge in [-0.05, 0) is 30.9 Å². The number of halogens is 2. The summed E-state index contributed by atoms with van der Waals surface area (Å²) in [6, 6.07) is 1.82. The first-order chi connectivity index (χ1) is 8.59. The van der Waals surface area contributed by atoms with Gasteiger partial charge in [-0.2, -0.15) is 9.61 Å². The van der Waals surface area contributed by atoms with Crippen LogP contribution in [0.5, 0.6) is 0 Å². The standard InChI is InChI=1S/C11H8Cl2N4S/c1-5-6(2)10-14-15-11(17(10)16-9(5)13)8-7(12)3-4-18-8/h3-4H,1-2H3. The van der Waals surface area contributed by atoms with Crippen molar-refractivity contribution in [2.75, 3.05) is 0 Å². The SMILES string of the molecule is Cc1c(Cl)nn2c(-c3sccc3Cl)nnc2c1C. The summed E-state index contributed by atoms with van der Waals surface area (Å²) >= 11 is 13.7. The number of aryl methyl sites for hydroxylation is 1. The second kappa shape index (κ2) is 4.19. The molecule has 0 saturated heterocycles. The van der Waals surface area contributed by atoms with Crippen LogP contribution >= 0.6 is 34.5 Å². The normalized spacial score (nSPS) is 11.3. The summed E-state index contributed by atoms with van der Waals surface area (Å²) in [6.45, 7) is 3.86. The second-order valence-corrected chi connectivity index (χ2v) is 5.58. The summed E-state index contributed by atoms with van der Waals surface area (Å²) < 4.78 is 1.64. The predicted octanol–water partition coefficient (Wildman–Crippen LogP) is 3.78. The molecule has 0 N–H and O–H groups in total. The topological polar surface area (TPSA) is 43.1 Å². The molecule has 0 aromatic carbocycles. The lowest BCUT2D eigenvalue weighted by Gasteiger charge is -2.04. The van der Waals surface area contributed by atoms with Gasteiger partial charge >= 0.3 is 0 Å². The first kappa shape index (κ1) is 11.9. The lowest BCUT2D eigenvalue weighted by Crippen LogP contribution is -1.99. The number of fused-ring (bicyclic) bond motifs is 1. The van der Waals surface area contributed by atoms with E-state index in [0.29, 0.717) is 21.6 Å². The predicted molar refractivity (Wildman–Crippen MR) is 73.6 cm³/mol. The Morgan fingerprint density at radius 3 is 2.61 bits per heavy atom. The second-order valence-electron chi connectivity index (χ2n) is 3.90. The van der Waals surface area contributed by atoms with Crippen molar-refractivity contribution in [2.45, 2.75) is 13.8 Å². The fraction of sp³-hybridized carbons (Fsp3) is 0.182. The van der Waals surface area contributed by atoms with Crippen molar-refractivity contribution in [2.24, 2.45) is 0 Å². The van der Waals surface area contributed by atoms with Crippen LogP contribution in [-0.4, -0.2) is 19.8 Å². The fourth-order valence-electron chi connectivity index (χ4n) is 1.69. The molecular formula is C11H8Cl2N4S. The molecule has 0 bridgehead atoms. The highest BCUT2D eigenvalue weighted by atomic mass is 35.5. The number of rotatable bonds is 1. The Kier molecular flexibility index (Phi) is 2.77. The van der Waals surface area contributed by atoms with E-state index in [1.54, 1.807) is 4.52 Å². The van der Waals surface area contributed by atoms with Crippen LogP contribution in [0.25, 0.3) is 16.3 Å². The maximum atomic E-state index is 6.11. The average molecular weight is 299 g/mol. The summed E-state index contributed by atoms with van der Waals surface area (Å²) in [5, 5.41) is 15.6. The molecule has 3 aromatic rings. The molecule has 0 atom stereocenters. The van der Waals surface area contributed by atoms with Crippen molar-refractivity contribution in [3.8, 4) is 10.7 Å². The minimum Gasteiger partial charge on any atom is -0.190 e. The lowest BCUT2D eigenvalue weighted by atomic mass is 10.2. The number of nitrogens with zero attached hydrogens (tertiary/aromatic N) is 4. The van der Waals surface area contributed by atoms with Crippen molar-refractivity contribution in [3.05, 3.63) is 32.7 Å². The van der Waals surface area contributed by atoms with E-state index in [2.05, 4.69) is 15.3 Å². The first-order valence-electron chi connectivity index (χ1n) is 5.21. The maximum Gasteiger partial charge on any atom is 0.196 e. The van der Waals surface area contributed by atoms with Gasteiger partial charge in [-0.25, -0.2) is 0 Å². The molecule has 4 nitrogen and oxygen atoms in total. The van der Waals surface area contributed by atoms with E-state index >= 15 is 0 Å². The number of aromatic nitrogens is 4. The third-order valence-corrected chi connectivity index (χ3v) is 4.55. The van der Waals surface area contributed by atoms with Gasteiger partial charge in [-0.15, -0.1) is 21.5 Å². The van der Waals surface area contributed by atoms with Gasteiger partial charge in [0.15, 0.2) is 16.6 Å². The molecule has 0 aliphatic rings. The summed E-state index contributed by atoms with van der Waals surface area (Å²) in [4.78, 5) is 0.844. The Bertz CT molecular complexity index is 747. The summed E-state index contributed by atoms with van der Waals surface area (Å²) in [7, 11) is 0. The van der Waals surface area contributed by atoms with Crippen LogP contribution in [0.1, 0.15) is 11.1 Å². The largest absolute Gasteiger partial charge is 0.196 e.